The number of hydrogen-bond acceptors (Lipinski definition) is 5. The summed E-state index contributed by atoms with van der Waals surface area (Å²) in [6.07, 6.45) is 1.84. The molecule has 7 heteroatoms. The van der Waals surface area contributed by atoms with Crippen molar-refractivity contribution in [3.05, 3.63) is 60.4 Å². The van der Waals surface area contributed by atoms with Crippen molar-refractivity contribution in [3.63, 3.8) is 0 Å². The van der Waals surface area contributed by atoms with Crippen molar-refractivity contribution in [2.24, 2.45) is 0 Å². The Morgan fingerprint density at radius 2 is 2.00 bits per heavy atom. The summed E-state index contributed by atoms with van der Waals surface area (Å²) < 4.78 is 7.38. The molecule has 3 aromatic rings. The number of aromatic nitrogens is 4. The Bertz CT molecular complexity index is 877. The van der Waals surface area contributed by atoms with E-state index < -0.39 is 0 Å². The highest BCUT2D eigenvalue weighted by Crippen LogP contribution is 2.33. The monoisotopic (exact) mass is 335 g/mol. The van der Waals surface area contributed by atoms with E-state index in [1.807, 2.05) is 55.5 Å². The minimum absolute atomic E-state index is 0.0268. The molecule has 1 atom stereocenters. The van der Waals surface area contributed by atoms with Gasteiger partial charge in [-0.05, 0) is 47.2 Å². The number of tetrazole rings is 1. The lowest BCUT2D eigenvalue weighted by atomic mass is 10.1. The van der Waals surface area contributed by atoms with Crippen molar-refractivity contribution >= 4 is 11.6 Å². The highest BCUT2D eigenvalue weighted by Gasteiger charge is 2.27. The number of fused-ring (bicyclic) bond motifs is 1. The van der Waals surface area contributed by atoms with Gasteiger partial charge in [0.25, 0.3) is 0 Å². The van der Waals surface area contributed by atoms with Gasteiger partial charge in [0.05, 0.1) is 24.3 Å². The van der Waals surface area contributed by atoms with Crippen LogP contribution in [0.25, 0.3) is 5.69 Å². The maximum absolute atomic E-state index is 12.8. The molecule has 0 fully saturated rings. The van der Waals surface area contributed by atoms with E-state index in [4.69, 9.17) is 4.74 Å². The fourth-order valence-corrected chi connectivity index (χ4v) is 2.94. The van der Waals surface area contributed by atoms with Gasteiger partial charge in [-0.1, -0.05) is 24.3 Å². The van der Waals surface area contributed by atoms with E-state index in [9.17, 15) is 4.79 Å². The Morgan fingerprint density at radius 3 is 2.76 bits per heavy atom. The van der Waals surface area contributed by atoms with Gasteiger partial charge >= 0.3 is 0 Å². The number of hydrogen-bond donors (Lipinski definition) is 0. The molecule has 7 nitrogen and oxygen atoms in total. The van der Waals surface area contributed by atoms with Gasteiger partial charge in [-0.2, -0.15) is 0 Å². The summed E-state index contributed by atoms with van der Waals surface area (Å²) in [5, 5.41) is 11.1. The molecule has 0 radical (unpaired) electrons. The number of para-hydroxylation sites is 2. The maximum Gasteiger partial charge on any atom is 0.231 e. The molecule has 1 aliphatic heterocycles. The van der Waals surface area contributed by atoms with E-state index in [1.54, 1.807) is 9.58 Å². The zero-order chi connectivity index (χ0) is 17.2. The average Bonchev–Trinajstić information content (AvgIpc) is 3.16. The third kappa shape index (κ3) is 3.08. The van der Waals surface area contributed by atoms with Gasteiger partial charge in [0.1, 0.15) is 18.2 Å². The molecule has 0 saturated heterocycles. The Morgan fingerprint density at radius 1 is 1.20 bits per heavy atom. The third-order valence-corrected chi connectivity index (χ3v) is 4.13. The summed E-state index contributed by atoms with van der Waals surface area (Å²) >= 11 is 0. The van der Waals surface area contributed by atoms with Crippen LogP contribution in [0, 0.1) is 0 Å². The first-order valence-corrected chi connectivity index (χ1v) is 8.09. The number of ether oxygens (including phenoxy) is 1. The lowest BCUT2D eigenvalue weighted by Gasteiger charge is -2.33. The summed E-state index contributed by atoms with van der Waals surface area (Å²) in [5.41, 5.74) is 2.63. The standard InChI is InChI=1S/C18H17N5O2/c1-13-11-22(16-4-2-3-5-17(16)25-13)18(24)10-14-6-8-15(9-7-14)23-12-19-20-21-23/h2-9,12-13H,10-11H2,1H3/t13-/m0/s1. The Labute approximate surface area is 144 Å². The molecule has 0 saturated carbocycles. The number of anilines is 1. The maximum atomic E-state index is 12.8. The van der Waals surface area contributed by atoms with Crippen LogP contribution in [0.3, 0.4) is 0 Å². The van der Waals surface area contributed by atoms with Crippen LogP contribution in [0.1, 0.15) is 12.5 Å². The van der Waals surface area contributed by atoms with E-state index in [1.165, 1.54) is 6.33 Å². The summed E-state index contributed by atoms with van der Waals surface area (Å²) in [6, 6.07) is 15.3. The SMILES string of the molecule is C[C@H]1CN(C(=O)Cc2ccc(-n3cnnn3)cc2)c2ccccc2O1. The minimum atomic E-state index is -0.0268. The molecule has 2 aromatic carbocycles. The van der Waals surface area contributed by atoms with Gasteiger partial charge < -0.3 is 9.64 Å². The summed E-state index contributed by atoms with van der Waals surface area (Å²) in [6.45, 7) is 2.52. The lowest BCUT2D eigenvalue weighted by molar-refractivity contribution is -0.118. The highest BCUT2D eigenvalue weighted by molar-refractivity contribution is 5.96. The number of amides is 1. The molecular formula is C18H17N5O2. The van der Waals surface area contributed by atoms with Crippen LogP contribution < -0.4 is 9.64 Å². The highest BCUT2D eigenvalue weighted by atomic mass is 16.5. The first-order valence-electron chi connectivity index (χ1n) is 8.09. The lowest BCUT2D eigenvalue weighted by Crippen LogP contribution is -2.43. The second-order valence-electron chi connectivity index (χ2n) is 6.00. The average molecular weight is 335 g/mol. The second kappa shape index (κ2) is 6.35. The normalized spacial score (nSPS) is 16.2. The van der Waals surface area contributed by atoms with Crippen molar-refractivity contribution in [1.82, 2.24) is 20.2 Å². The topological polar surface area (TPSA) is 73.1 Å². The number of benzene rings is 2. The van der Waals surface area contributed by atoms with E-state index in [0.717, 1.165) is 22.7 Å². The first-order chi connectivity index (χ1) is 12.2. The fourth-order valence-electron chi connectivity index (χ4n) is 2.94. The smallest absolute Gasteiger partial charge is 0.231 e. The van der Waals surface area contributed by atoms with Crippen LogP contribution in [0.15, 0.2) is 54.9 Å². The van der Waals surface area contributed by atoms with Crippen LogP contribution in [0.5, 0.6) is 5.75 Å². The van der Waals surface area contributed by atoms with Crippen LogP contribution in [-0.2, 0) is 11.2 Å². The van der Waals surface area contributed by atoms with Gasteiger partial charge in [-0.25, -0.2) is 4.68 Å². The predicted molar refractivity (Wildman–Crippen MR) is 91.7 cm³/mol. The van der Waals surface area contributed by atoms with Crippen molar-refractivity contribution in [1.29, 1.82) is 0 Å². The predicted octanol–water partition coefficient (Wildman–Crippen LogP) is 2.02. The van der Waals surface area contributed by atoms with Crippen LogP contribution in [0.4, 0.5) is 5.69 Å². The molecule has 0 unspecified atom stereocenters. The van der Waals surface area contributed by atoms with Crippen molar-refractivity contribution in [2.75, 3.05) is 11.4 Å². The molecule has 1 aromatic heterocycles. The van der Waals surface area contributed by atoms with E-state index in [0.29, 0.717) is 13.0 Å². The molecular weight excluding hydrogens is 318 g/mol. The summed E-state index contributed by atoms with van der Waals surface area (Å²) in [7, 11) is 0. The zero-order valence-corrected chi connectivity index (χ0v) is 13.7. The molecule has 25 heavy (non-hydrogen) atoms. The molecule has 0 aliphatic carbocycles. The van der Waals surface area contributed by atoms with Gasteiger partial charge in [-0.3, -0.25) is 4.79 Å². The van der Waals surface area contributed by atoms with E-state index >= 15 is 0 Å². The van der Waals surface area contributed by atoms with Gasteiger partial charge in [0, 0.05) is 0 Å². The van der Waals surface area contributed by atoms with Gasteiger partial charge in [0.2, 0.25) is 5.91 Å². The van der Waals surface area contributed by atoms with Crippen LogP contribution in [-0.4, -0.2) is 38.8 Å². The largest absolute Gasteiger partial charge is 0.487 e. The number of carbonyl (C=O) groups is 1. The fraction of sp³-hybridized carbons (Fsp3) is 0.222. The van der Waals surface area contributed by atoms with Crippen LogP contribution in [0.2, 0.25) is 0 Å². The Kier molecular flexibility index (Phi) is 3.89. The van der Waals surface area contributed by atoms with Crippen molar-refractivity contribution < 1.29 is 9.53 Å². The molecule has 0 N–H and O–H groups in total. The molecule has 126 valence electrons. The number of rotatable bonds is 3. The molecule has 2 heterocycles. The van der Waals surface area contributed by atoms with Gasteiger partial charge in [-0.15, -0.1) is 5.10 Å². The van der Waals surface area contributed by atoms with E-state index in [-0.39, 0.29) is 12.0 Å². The third-order valence-electron chi connectivity index (χ3n) is 4.13. The Balaban J connectivity index is 1.52. The molecule has 4 rings (SSSR count). The zero-order valence-electron chi connectivity index (χ0n) is 13.7. The number of carbonyl (C=O) groups excluding carboxylic acids is 1. The molecule has 1 amide bonds. The second-order valence-corrected chi connectivity index (χ2v) is 6.00. The quantitative estimate of drug-likeness (QED) is 0.732. The minimum Gasteiger partial charge on any atom is -0.487 e. The van der Waals surface area contributed by atoms with Crippen LogP contribution >= 0.6 is 0 Å². The van der Waals surface area contributed by atoms with Crippen molar-refractivity contribution in [2.45, 2.75) is 19.4 Å². The summed E-state index contributed by atoms with van der Waals surface area (Å²) in [5.74, 6) is 0.807. The Hall–Kier alpha value is -3.22. The summed E-state index contributed by atoms with van der Waals surface area (Å²) in [4.78, 5) is 14.6. The number of nitrogens with zero attached hydrogens (tertiary/aromatic N) is 5. The molecule has 0 bridgehead atoms. The van der Waals surface area contributed by atoms with Gasteiger partial charge in [0.15, 0.2) is 0 Å². The molecule has 1 aliphatic rings. The first kappa shape index (κ1) is 15.3. The van der Waals surface area contributed by atoms with Crippen molar-refractivity contribution in [3.8, 4) is 11.4 Å². The van der Waals surface area contributed by atoms with E-state index in [2.05, 4.69) is 15.5 Å². The molecule has 0 spiro atoms.